The van der Waals surface area contributed by atoms with Crippen molar-refractivity contribution in [2.24, 2.45) is 0 Å². The van der Waals surface area contributed by atoms with Gasteiger partial charge in [-0.1, -0.05) is 47.6 Å². The highest BCUT2D eigenvalue weighted by atomic mass is 19.3. The lowest BCUT2D eigenvalue weighted by Crippen LogP contribution is -2.17. The van der Waals surface area contributed by atoms with Gasteiger partial charge in [0.15, 0.2) is 0 Å². The van der Waals surface area contributed by atoms with Gasteiger partial charge in [0.2, 0.25) is 11.7 Å². The van der Waals surface area contributed by atoms with Gasteiger partial charge in [-0.3, -0.25) is 4.90 Å². The zero-order valence-corrected chi connectivity index (χ0v) is 13.6. The van der Waals surface area contributed by atoms with Crippen LogP contribution in [0.4, 0.5) is 8.78 Å². The van der Waals surface area contributed by atoms with Gasteiger partial charge in [0.25, 0.3) is 0 Å². The third kappa shape index (κ3) is 4.60. The van der Waals surface area contributed by atoms with Crippen molar-refractivity contribution >= 4 is 0 Å². The monoisotopic (exact) mass is 345 g/mol. The first-order chi connectivity index (χ1) is 12.1. The third-order valence-corrected chi connectivity index (χ3v) is 3.51. The summed E-state index contributed by atoms with van der Waals surface area (Å²) in [5.41, 5.74) is 1.53. The zero-order chi connectivity index (χ0) is 17.6. The van der Waals surface area contributed by atoms with E-state index in [-0.39, 0.29) is 11.6 Å². The lowest BCUT2D eigenvalue weighted by atomic mass is 10.2. The molecule has 0 radical (unpaired) electrons. The maximum absolute atomic E-state index is 12.5. The van der Waals surface area contributed by atoms with Gasteiger partial charge in [0.1, 0.15) is 5.75 Å². The van der Waals surface area contributed by atoms with E-state index in [9.17, 15) is 8.78 Å². The second kappa shape index (κ2) is 7.85. The smallest absolute Gasteiger partial charge is 0.387 e. The summed E-state index contributed by atoms with van der Waals surface area (Å²) in [6, 6.07) is 16.4. The van der Waals surface area contributed by atoms with Crippen LogP contribution in [0.15, 0.2) is 59.1 Å². The van der Waals surface area contributed by atoms with Crippen molar-refractivity contribution in [2.45, 2.75) is 19.7 Å². The molecule has 0 aliphatic heterocycles. The molecule has 0 unspecified atom stereocenters. The zero-order valence-electron chi connectivity index (χ0n) is 13.6. The van der Waals surface area contributed by atoms with Gasteiger partial charge >= 0.3 is 6.61 Å². The fourth-order valence-corrected chi connectivity index (χ4v) is 2.46. The molecule has 0 N–H and O–H groups in total. The third-order valence-electron chi connectivity index (χ3n) is 3.51. The van der Waals surface area contributed by atoms with Crippen molar-refractivity contribution in [3.8, 4) is 17.1 Å². The lowest BCUT2D eigenvalue weighted by Gasteiger charge is -2.13. The van der Waals surface area contributed by atoms with Crippen LogP contribution in [0, 0.1) is 0 Å². The Morgan fingerprint density at radius 1 is 1.04 bits per heavy atom. The molecular formula is C18H17F2N3O2. The Morgan fingerprint density at radius 3 is 2.52 bits per heavy atom. The summed E-state index contributed by atoms with van der Waals surface area (Å²) in [5.74, 6) is 0.641. The molecule has 3 rings (SSSR count). The number of alkyl halides is 2. The Kier molecular flexibility index (Phi) is 5.35. The van der Waals surface area contributed by atoms with Crippen LogP contribution in [0.5, 0.6) is 5.75 Å². The van der Waals surface area contributed by atoms with Crippen LogP contribution in [0.1, 0.15) is 11.5 Å². The van der Waals surface area contributed by atoms with E-state index in [2.05, 4.69) is 14.9 Å². The molecule has 0 saturated heterocycles. The summed E-state index contributed by atoms with van der Waals surface area (Å²) in [6.07, 6.45) is 0. The van der Waals surface area contributed by atoms with Gasteiger partial charge in [-0.05, 0) is 24.7 Å². The quantitative estimate of drug-likeness (QED) is 0.648. The first-order valence-corrected chi connectivity index (χ1v) is 7.71. The summed E-state index contributed by atoms with van der Waals surface area (Å²) in [7, 11) is 1.94. The summed E-state index contributed by atoms with van der Waals surface area (Å²) >= 11 is 0. The first-order valence-electron chi connectivity index (χ1n) is 7.71. The minimum Gasteiger partial charge on any atom is -0.434 e. The SMILES string of the molecule is CN(Cc1ccccc1)Cc1nc(-c2ccccc2OC(F)F)no1. The maximum Gasteiger partial charge on any atom is 0.387 e. The Bertz CT molecular complexity index is 809. The van der Waals surface area contributed by atoms with E-state index in [0.29, 0.717) is 18.0 Å². The van der Waals surface area contributed by atoms with Crippen molar-refractivity contribution < 1.29 is 18.0 Å². The molecule has 2 aromatic carbocycles. The van der Waals surface area contributed by atoms with Crippen molar-refractivity contribution in [2.75, 3.05) is 7.05 Å². The molecule has 3 aromatic rings. The molecule has 1 aromatic heterocycles. The maximum atomic E-state index is 12.5. The number of nitrogens with zero attached hydrogens (tertiary/aromatic N) is 3. The Morgan fingerprint density at radius 2 is 1.76 bits per heavy atom. The van der Waals surface area contributed by atoms with E-state index >= 15 is 0 Å². The average Bonchev–Trinajstić information content (AvgIpc) is 3.04. The molecule has 0 fully saturated rings. The van der Waals surface area contributed by atoms with E-state index in [1.807, 2.05) is 42.3 Å². The normalized spacial score (nSPS) is 11.2. The number of ether oxygens (including phenoxy) is 1. The predicted octanol–water partition coefficient (Wildman–Crippen LogP) is 3.97. The molecule has 0 amide bonds. The Labute approximate surface area is 143 Å². The number of aromatic nitrogens is 2. The molecule has 0 spiro atoms. The van der Waals surface area contributed by atoms with E-state index in [4.69, 9.17) is 4.52 Å². The highest BCUT2D eigenvalue weighted by Gasteiger charge is 2.16. The average molecular weight is 345 g/mol. The molecule has 0 saturated carbocycles. The molecule has 0 aliphatic carbocycles. The van der Waals surface area contributed by atoms with Gasteiger partial charge in [-0.15, -0.1) is 0 Å². The fourth-order valence-electron chi connectivity index (χ4n) is 2.46. The number of hydrogen-bond donors (Lipinski definition) is 0. The first kappa shape index (κ1) is 17.0. The van der Waals surface area contributed by atoms with E-state index < -0.39 is 6.61 Å². The van der Waals surface area contributed by atoms with Gasteiger partial charge in [-0.2, -0.15) is 13.8 Å². The summed E-state index contributed by atoms with van der Waals surface area (Å²) in [4.78, 5) is 6.31. The van der Waals surface area contributed by atoms with Crippen LogP contribution in [0.2, 0.25) is 0 Å². The van der Waals surface area contributed by atoms with Gasteiger partial charge in [0.05, 0.1) is 12.1 Å². The van der Waals surface area contributed by atoms with Crippen LogP contribution < -0.4 is 4.74 Å². The van der Waals surface area contributed by atoms with Gasteiger partial charge in [0, 0.05) is 6.54 Å². The second-order valence-corrected chi connectivity index (χ2v) is 5.54. The van der Waals surface area contributed by atoms with Crippen LogP contribution in [-0.2, 0) is 13.1 Å². The molecule has 7 heteroatoms. The molecule has 0 aliphatic rings. The molecule has 5 nitrogen and oxygen atoms in total. The summed E-state index contributed by atoms with van der Waals surface area (Å²) in [6.45, 7) is -1.74. The molecular weight excluding hydrogens is 328 g/mol. The topological polar surface area (TPSA) is 51.4 Å². The second-order valence-electron chi connectivity index (χ2n) is 5.54. The minimum atomic E-state index is -2.91. The number of rotatable bonds is 7. The molecule has 25 heavy (non-hydrogen) atoms. The standard InChI is InChI=1S/C18H17F2N3O2/c1-23(11-13-7-3-2-4-8-13)12-16-21-17(22-25-16)14-9-5-6-10-15(14)24-18(19)20/h2-10,18H,11-12H2,1H3. The van der Waals surface area contributed by atoms with Crippen LogP contribution in [-0.4, -0.2) is 28.7 Å². The molecule has 130 valence electrons. The summed E-state index contributed by atoms with van der Waals surface area (Å²) < 4.78 is 34.8. The van der Waals surface area contributed by atoms with Crippen LogP contribution >= 0.6 is 0 Å². The van der Waals surface area contributed by atoms with Crippen LogP contribution in [0.25, 0.3) is 11.4 Å². The van der Waals surface area contributed by atoms with Crippen molar-refractivity contribution in [1.29, 1.82) is 0 Å². The number of halogens is 2. The van der Waals surface area contributed by atoms with Crippen LogP contribution in [0.3, 0.4) is 0 Å². The van der Waals surface area contributed by atoms with Crippen molar-refractivity contribution in [3.63, 3.8) is 0 Å². The Hall–Kier alpha value is -2.80. The highest BCUT2D eigenvalue weighted by molar-refractivity contribution is 5.63. The van der Waals surface area contributed by atoms with E-state index in [0.717, 1.165) is 6.54 Å². The predicted molar refractivity (Wildman–Crippen MR) is 88.0 cm³/mol. The highest BCUT2D eigenvalue weighted by Crippen LogP contribution is 2.28. The van der Waals surface area contributed by atoms with Gasteiger partial charge in [-0.25, -0.2) is 0 Å². The Balaban J connectivity index is 1.70. The number of para-hydroxylation sites is 1. The molecule has 1 heterocycles. The lowest BCUT2D eigenvalue weighted by molar-refractivity contribution is -0.0494. The number of benzene rings is 2. The van der Waals surface area contributed by atoms with Gasteiger partial charge < -0.3 is 9.26 Å². The van der Waals surface area contributed by atoms with E-state index in [1.165, 1.54) is 11.6 Å². The molecule has 0 bridgehead atoms. The van der Waals surface area contributed by atoms with E-state index in [1.54, 1.807) is 18.2 Å². The summed E-state index contributed by atoms with van der Waals surface area (Å²) in [5, 5.41) is 3.88. The minimum absolute atomic E-state index is 0.0162. The molecule has 0 atom stereocenters. The van der Waals surface area contributed by atoms with Crippen molar-refractivity contribution in [1.82, 2.24) is 15.0 Å². The fraction of sp³-hybridized carbons (Fsp3) is 0.222. The number of hydrogen-bond acceptors (Lipinski definition) is 5. The van der Waals surface area contributed by atoms with Crippen molar-refractivity contribution in [3.05, 3.63) is 66.1 Å². The largest absolute Gasteiger partial charge is 0.434 e.